The maximum Gasteiger partial charge on any atom is 0.123 e. The van der Waals surface area contributed by atoms with Crippen LogP contribution in [0, 0.1) is 11.7 Å². The van der Waals surface area contributed by atoms with Crippen LogP contribution in [0.25, 0.3) is 0 Å². The molecule has 70 valence electrons. The molecule has 2 rings (SSSR count). The normalized spacial score (nSPS) is 27.8. The van der Waals surface area contributed by atoms with E-state index in [1.54, 1.807) is 12.1 Å². The lowest BCUT2D eigenvalue weighted by Gasteiger charge is -2.09. The number of hydrogen-bond acceptors (Lipinski definition) is 0. The van der Waals surface area contributed by atoms with Gasteiger partial charge in [-0.15, -0.1) is 0 Å². The fraction of sp³-hybridized carbons (Fsp3) is 0.500. The van der Waals surface area contributed by atoms with Crippen LogP contribution < -0.4 is 0 Å². The lowest BCUT2D eigenvalue weighted by atomic mass is 9.97. The molecule has 1 saturated carbocycles. The number of halogens is 1. The first-order valence-electron chi connectivity index (χ1n) is 5.01. The Labute approximate surface area is 78.8 Å². The van der Waals surface area contributed by atoms with Gasteiger partial charge in [0.1, 0.15) is 5.82 Å². The minimum Gasteiger partial charge on any atom is -0.207 e. The number of rotatable bonds is 1. The van der Waals surface area contributed by atoms with Crippen LogP contribution in [0.15, 0.2) is 24.3 Å². The summed E-state index contributed by atoms with van der Waals surface area (Å²) in [6, 6.07) is 6.99. The Balaban J connectivity index is 2.13. The molecule has 1 heteroatoms. The minimum absolute atomic E-state index is 0.130. The molecular weight excluding hydrogens is 163 g/mol. The SMILES string of the molecule is CC1CC[C@H](c2ccc(F)cc2)C1. The Morgan fingerprint density at radius 1 is 1.15 bits per heavy atom. The van der Waals surface area contributed by atoms with Crippen LogP contribution >= 0.6 is 0 Å². The third kappa shape index (κ3) is 1.90. The van der Waals surface area contributed by atoms with Gasteiger partial charge < -0.3 is 0 Å². The van der Waals surface area contributed by atoms with Crippen molar-refractivity contribution in [2.75, 3.05) is 0 Å². The van der Waals surface area contributed by atoms with Crippen molar-refractivity contribution in [1.29, 1.82) is 0 Å². The molecule has 0 nitrogen and oxygen atoms in total. The van der Waals surface area contributed by atoms with Crippen molar-refractivity contribution in [3.8, 4) is 0 Å². The van der Waals surface area contributed by atoms with Crippen molar-refractivity contribution in [2.24, 2.45) is 5.92 Å². The average molecular weight is 178 g/mol. The maximum absolute atomic E-state index is 12.7. The van der Waals surface area contributed by atoms with Crippen molar-refractivity contribution >= 4 is 0 Å². The van der Waals surface area contributed by atoms with Gasteiger partial charge in [0, 0.05) is 0 Å². The topological polar surface area (TPSA) is 0 Å². The minimum atomic E-state index is -0.130. The molecule has 13 heavy (non-hydrogen) atoms. The van der Waals surface area contributed by atoms with E-state index in [0.29, 0.717) is 5.92 Å². The Hall–Kier alpha value is -0.850. The van der Waals surface area contributed by atoms with Crippen LogP contribution in [0.4, 0.5) is 4.39 Å². The number of hydrogen-bond donors (Lipinski definition) is 0. The molecule has 1 unspecified atom stereocenters. The highest BCUT2D eigenvalue weighted by molar-refractivity contribution is 5.21. The van der Waals surface area contributed by atoms with Crippen molar-refractivity contribution < 1.29 is 4.39 Å². The summed E-state index contributed by atoms with van der Waals surface area (Å²) in [6.45, 7) is 2.30. The molecule has 1 aliphatic carbocycles. The molecule has 0 N–H and O–H groups in total. The predicted octanol–water partition coefficient (Wildman–Crippen LogP) is 3.73. The van der Waals surface area contributed by atoms with E-state index < -0.39 is 0 Å². The van der Waals surface area contributed by atoms with Gasteiger partial charge in [-0.05, 0) is 42.4 Å². The molecule has 1 aromatic carbocycles. The zero-order valence-electron chi connectivity index (χ0n) is 7.96. The molecule has 1 aliphatic rings. The molecule has 1 fully saturated rings. The molecule has 0 radical (unpaired) electrons. The van der Waals surface area contributed by atoms with E-state index in [9.17, 15) is 4.39 Å². The quantitative estimate of drug-likeness (QED) is 0.614. The summed E-state index contributed by atoms with van der Waals surface area (Å²) >= 11 is 0. The lowest BCUT2D eigenvalue weighted by molar-refractivity contribution is 0.594. The van der Waals surface area contributed by atoms with Crippen LogP contribution in [0.2, 0.25) is 0 Å². The first-order chi connectivity index (χ1) is 6.25. The van der Waals surface area contributed by atoms with Gasteiger partial charge in [0.05, 0.1) is 0 Å². The van der Waals surface area contributed by atoms with Gasteiger partial charge in [0.2, 0.25) is 0 Å². The second kappa shape index (κ2) is 3.49. The average Bonchev–Trinajstić information content (AvgIpc) is 2.53. The molecule has 1 aromatic rings. The van der Waals surface area contributed by atoms with Crippen LogP contribution in [-0.2, 0) is 0 Å². The van der Waals surface area contributed by atoms with Gasteiger partial charge in [-0.25, -0.2) is 4.39 Å². The zero-order chi connectivity index (χ0) is 9.26. The standard InChI is InChI=1S/C12H15F/c1-9-2-3-11(8-9)10-4-6-12(13)7-5-10/h4-7,9,11H,2-3,8H2,1H3/t9?,11-/m0/s1. The van der Waals surface area contributed by atoms with Gasteiger partial charge in [-0.2, -0.15) is 0 Å². The molecule has 0 aromatic heterocycles. The van der Waals surface area contributed by atoms with Crippen LogP contribution in [-0.4, -0.2) is 0 Å². The molecule has 0 aliphatic heterocycles. The molecule has 2 atom stereocenters. The third-order valence-electron chi connectivity index (χ3n) is 3.04. The summed E-state index contributed by atoms with van der Waals surface area (Å²) in [5, 5.41) is 0. The second-order valence-corrected chi connectivity index (χ2v) is 4.17. The highest BCUT2D eigenvalue weighted by Gasteiger charge is 2.22. The van der Waals surface area contributed by atoms with Gasteiger partial charge in [0.25, 0.3) is 0 Å². The maximum atomic E-state index is 12.7. The summed E-state index contributed by atoms with van der Waals surface area (Å²) < 4.78 is 12.7. The largest absolute Gasteiger partial charge is 0.207 e. The van der Waals surface area contributed by atoms with E-state index >= 15 is 0 Å². The van der Waals surface area contributed by atoms with Crippen molar-refractivity contribution in [3.05, 3.63) is 35.6 Å². The van der Waals surface area contributed by atoms with Crippen molar-refractivity contribution in [2.45, 2.75) is 32.1 Å². The van der Waals surface area contributed by atoms with E-state index in [0.717, 1.165) is 5.92 Å². The van der Waals surface area contributed by atoms with E-state index in [1.807, 2.05) is 12.1 Å². The third-order valence-corrected chi connectivity index (χ3v) is 3.04. The Morgan fingerprint density at radius 2 is 1.85 bits per heavy atom. The van der Waals surface area contributed by atoms with E-state index in [2.05, 4.69) is 6.92 Å². The summed E-state index contributed by atoms with van der Waals surface area (Å²) in [4.78, 5) is 0. The molecular formula is C12H15F. The predicted molar refractivity (Wildman–Crippen MR) is 52.2 cm³/mol. The van der Waals surface area contributed by atoms with Crippen LogP contribution in [0.5, 0.6) is 0 Å². The van der Waals surface area contributed by atoms with E-state index in [-0.39, 0.29) is 5.82 Å². The summed E-state index contributed by atoms with van der Waals surface area (Å²) in [7, 11) is 0. The smallest absolute Gasteiger partial charge is 0.123 e. The fourth-order valence-corrected chi connectivity index (χ4v) is 2.24. The fourth-order valence-electron chi connectivity index (χ4n) is 2.24. The lowest BCUT2D eigenvalue weighted by Crippen LogP contribution is -1.93. The Bertz CT molecular complexity index is 276. The first-order valence-corrected chi connectivity index (χ1v) is 5.01. The molecule has 0 spiro atoms. The second-order valence-electron chi connectivity index (χ2n) is 4.17. The Kier molecular flexibility index (Phi) is 2.34. The summed E-state index contributed by atoms with van der Waals surface area (Å²) in [6.07, 6.45) is 3.86. The van der Waals surface area contributed by atoms with Gasteiger partial charge in [-0.3, -0.25) is 0 Å². The Morgan fingerprint density at radius 3 is 2.38 bits per heavy atom. The summed E-state index contributed by atoms with van der Waals surface area (Å²) in [5.41, 5.74) is 1.31. The van der Waals surface area contributed by atoms with Gasteiger partial charge in [-0.1, -0.05) is 25.5 Å². The highest BCUT2D eigenvalue weighted by Crippen LogP contribution is 2.37. The van der Waals surface area contributed by atoms with Gasteiger partial charge >= 0.3 is 0 Å². The van der Waals surface area contributed by atoms with E-state index in [4.69, 9.17) is 0 Å². The monoisotopic (exact) mass is 178 g/mol. The van der Waals surface area contributed by atoms with Crippen molar-refractivity contribution in [3.63, 3.8) is 0 Å². The first kappa shape index (κ1) is 8.74. The van der Waals surface area contributed by atoms with Crippen molar-refractivity contribution in [1.82, 2.24) is 0 Å². The van der Waals surface area contributed by atoms with Crippen LogP contribution in [0.1, 0.15) is 37.7 Å². The molecule has 0 bridgehead atoms. The highest BCUT2D eigenvalue weighted by atomic mass is 19.1. The molecule has 0 amide bonds. The number of benzene rings is 1. The zero-order valence-corrected chi connectivity index (χ0v) is 7.96. The van der Waals surface area contributed by atoms with Gasteiger partial charge in [0.15, 0.2) is 0 Å². The summed E-state index contributed by atoms with van der Waals surface area (Å²) in [5.74, 6) is 1.39. The van der Waals surface area contributed by atoms with Crippen LogP contribution in [0.3, 0.4) is 0 Å². The molecule has 0 saturated heterocycles. The molecule has 0 heterocycles. The van der Waals surface area contributed by atoms with E-state index in [1.165, 1.54) is 24.8 Å².